The van der Waals surface area contributed by atoms with Crippen molar-refractivity contribution in [1.29, 1.82) is 0 Å². The standard InChI is InChI=1S/C16H13N3O4S2/c20-14(17-10-3-4-11-12(8-10)22-6-5-21-11)9-25-16-19-18-15(23-16)13-2-1-7-24-13/h1-4,7-8H,5-6,9H2,(H,17,20). The Morgan fingerprint density at radius 1 is 1.20 bits per heavy atom. The molecule has 9 heteroatoms. The number of fused-ring (bicyclic) bond motifs is 1. The molecule has 25 heavy (non-hydrogen) atoms. The molecule has 2 aromatic heterocycles. The van der Waals surface area contributed by atoms with Gasteiger partial charge >= 0.3 is 0 Å². The summed E-state index contributed by atoms with van der Waals surface area (Å²) in [5.74, 6) is 1.78. The molecule has 0 aliphatic carbocycles. The molecule has 0 radical (unpaired) electrons. The molecule has 7 nitrogen and oxygen atoms in total. The number of thiophene rings is 1. The predicted molar refractivity (Wildman–Crippen MR) is 94.4 cm³/mol. The number of aromatic nitrogens is 2. The van der Waals surface area contributed by atoms with Crippen molar-refractivity contribution in [3.63, 3.8) is 0 Å². The Labute approximate surface area is 151 Å². The largest absolute Gasteiger partial charge is 0.486 e. The smallest absolute Gasteiger partial charge is 0.277 e. The van der Waals surface area contributed by atoms with Gasteiger partial charge in [0.05, 0.1) is 10.6 Å². The summed E-state index contributed by atoms with van der Waals surface area (Å²) in [6, 6.07) is 9.12. The van der Waals surface area contributed by atoms with Gasteiger partial charge in [0.2, 0.25) is 5.91 Å². The molecule has 3 heterocycles. The quantitative estimate of drug-likeness (QED) is 0.685. The summed E-state index contributed by atoms with van der Waals surface area (Å²) in [5.41, 5.74) is 0.652. The van der Waals surface area contributed by atoms with E-state index in [-0.39, 0.29) is 11.7 Å². The number of nitrogens with zero attached hydrogens (tertiary/aromatic N) is 2. The molecule has 0 spiro atoms. The Morgan fingerprint density at radius 2 is 2.08 bits per heavy atom. The van der Waals surface area contributed by atoms with E-state index in [0.717, 1.165) is 4.88 Å². The second-order valence-corrected chi connectivity index (χ2v) is 6.92. The summed E-state index contributed by atoms with van der Waals surface area (Å²) < 4.78 is 16.5. The van der Waals surface area contributed by atoms with E-state index in [1.807, 2.05) is 17.5 Å². The number of carbonyl (C=O) groups is 1. The summed E-state index contributed by atoms with van der Waals surface area (Å²) in [5, 5.41) is 13.0. The maximum Gasteiger partial charge on any atom is 0.277 e. The number of thioether (sulfide) groups is 1. The SMILES string of the molecule is O=C(CSc1nnc(-c2cccs2)o1)Nc1ccc2c(c1)OCCO2. The third-order valence-corrected chi connectivity index (χ3v) is 4.97. The van der Waals surface area contributed by atoms with Crippen LogP contribution in [0.4, 0.5) is 5.69 Å². The molecule has 1 aliphatic rings. The fraction of sp³-hybridized carbons (Fsp3) is 0.188. The molecule has 0 saturated heterocycles. The van der Waals surface area contributed by atoms with E-state index >= 15 is 0 Å². The van der Waals surface area contributed by atoms with Crippen LogP contribution in [0.5, 0.6) is 11.5 Å². The fourth-order valence-corrected chi connectivity index (χ4v) is 3.42. The van der Waals surface area contributed by atoms with E-state index in [0.29, 0.717) is 41.5 Å². The monoisotopic (exact) mass is 375 g/mol. The molecule has 1 aliphatic heterocycles. The number of hydrogen-bond acceptors (Lipinski definition) is 8. The average molecular weight is 375 g/mol. The molecule has 3 aromatic rings. The van der Waals surface area contributed by atoms with Gasteiger partial charge in [0.15, 0.2) is 11.5 Å². The third-order valence-electron chi connectivity index (χ3n) is 3.29. The number of ether oxygens (including phenoxy) is 2. The van der Waals surface area contributed by atoms with Gasteiger partial charge in [-0.3, -0.25) is 4.79 Å². The van der Waals surface area contributed by atoms with Gasteiger partial charge in [0.1, 0.15) is 13.2 Å². The lowest BCUT2D eigenvalue weighted by atomic mass is 10.2. The summed E-state index contributed by atoms with van der Waals surface area (Å²) in [6.45, 7) is 1.04. The first-order valence-electron chi connectivity index (χ1n) is 7.47. The Bertz CT molecular complexity index is 879. The van der Waals surface area contributed by atoms with Gasteiger partial charge < -0.3 is 19.2 Å². The minimum absolute atomic E-state index is 0.167. The van der Waals surface area contributed by atoms with Crippen LogP contribution in [0.1, 0.15) is 0 Å². The topological polar surface area (TPSA) is 86.5 Å². The van der Waals surface area contributed by atoms with Crippen LogP contribution in [0.2, 0.25) is 0 Å². The first-order valence-corrected chi connectivity index (χ1v) is 9.34. The van der Waals surface area contributed by atoms with Crippen LogP contribution in [-0.2, 0) is 4.79 Å². The Kier molecular flexibility index (Phi) is 4.57. The highest BCUT2D eigenvalue weighted by molar-refractivity contribution is 7.99. The number of nitrogens with one attached hydrogen (secondary N) is 1. The molecule has 0 bridgehead atoms. The Balaban J connectivity index is 1.33. The van der Waals surface area contributed by atoms with Gasteiger partial charge in [-0.1, -0.05) is 17.8 Å². The van der Waals surface area contributed by atoms with Crippen molar-refractivity contribution in [1.82, 2.24) is 10.2 Å². The number of anilines is 1. The van der Waals surface area contributed by atoms with Crippen LogP contribution in [0.3, 0.4) is 0 Å². The number of benzene rings is 1. The zero-order valence-electron chi connectivity index (χ0n) is 12.9. The summed E-state index contributed by atoms with van der Waals surface area (Å²) >= 11 is 2.71. The first kappa shape index (κ1) is 16.0. The molecule has 0 fully saturated rings. The molecule has 4 rings (SSSR count). The lowest BCUT2D eigenvalue weighted by Crippen LogP contribution is -2.17. The molecular weight excluding hydrogens is 362 g/mol. The highest BCUT2D eigenvalue weighted by atomic mass is 32.2. The van der Waals surface area contributed by atoms with Crippen LogP contribution in [0.25, 0.3) is 10.8 Å². The maximum atomic E-state index is 12.1. The van der Waals surface area contributed by atoms with E-state index in [4.69, 9.17) is 13.9 Å². The van der Waals surface area contributed by atoms with Crippen LogP contribution >= 0.6 is 23.1 Å². The predicted octanol–water partition coefficient (Wildman–Crippen LogP) is 3.30. The molecule has 0 saturated carbocycles. The Morgan fingerprint density at radius 3 is 2.92 bits per heavy atom. The van der Waals surface area contributed by atoms with Crippen molar-refractivity contribution in [2.24, 2.45) is 0 Å². The zero-order valence-corrected chi connectivity index (χ0v) is 14.6. The number of amides is 1. The average Bonchev–Trinajstić information content (AvgIpc) is 3.31. The van der Waals surface area contributed by atoms with Gasteiger partial charge in [-0.05, 0) is 23.6 Å². The second-order valence-electron chi connectivity index (χ2n) is 5.05. The molecule has 128 valence electrons. The van der Waals surface area contributed by atoms with E-state index in [1.165, 1.54) is 23.1 Å². The van der Waals surface area contributed by atoms with Gasteiger partial charge in [-0.2, -0.15) is 0 Å². The van der Waals surface area contributed by atoms with Crippen molar-refractivity contribution in [2.45, 2.75) is 5.22 Å². The minimum atomic E-state index is -0.169. The van der Waals surface area contributed by atoms with E-state index in [2.05, 4.69) is 15.5 Å². The lowest BCUT2D eigenvalue weighted by Gasteiger charge is -2.18. The van der Waals surface area contributed by atoms with Crippen LogP contribution in [0, 0.1) is 0 Å². The molecule has 1 N–H and O–H groups in total. The van der Waals surface area contributed by atoms with E-state index < -0.39 is 0 Å². The fourth-order valence-electron chi connectivity index (χ4n) is 2.21. The number of rotatable bonds is 5. The molecule has 0 unspecified atom stereocenters. The highest BCUT2D eigenvalue weighted by Gasteiger charge is 2.14. The van der Waals surface area contributed by atoms with Crippen LogP contribution in [0.15, 0.2) is 45.4 Å². The van der Waals surface area contributed by atoms with Gasteiger partial charge in [-0.25, -0.2) is 0 Å². The van der Waals surface area contributed by atoms with Gasteiger partial charge in [0, 0.05) is 11.8 Å². The second kappa shape index (κ2) is 7.16. The van der Waals surface area contributed by atoms with Gasteiger partial charge in [-0.15, -0.1) is 21.5 Å². The lowest BCUT2D eigenvalue weighted by molar-refractivity contribution is -0.113. The number of carbonyl (C=O) groups excluding carboxylic acids is 1. The molecule has 1 amide bonds. The van der Waals surface area contributed by atoms with Crippen molar-refractivity contribution in [3.05, 3.63) is 35.7 Å². The van der Waals surface area contributed by atoms with Crippen molar-refractivity contribution in [2.75, 3.05) is 24.3 Å². The molecular formula is C16H13N3O4S2. The molecule has 1 aromatic carbocycles. The van der Waals surface area contributed by atoms with E-state index in [9.17, 15) is 4.79 Å². The normalized spacial score (nSPS) is 12.8. The van der Waals surface area contributed by atoms with Crippen molar-refractivity contribution in [3.8, 4) is 22.3 Å². The summed E-state index contributed by atoms with van der Waals surface area (Å²) in [7, 11) is 0. The number of hydrogen-bond donors (Lipinski definition) is 1. The highest BCUT2D eigenvalue weighted by Crippen LogP contribution is 2.32. The minimum Gasteiger partial charge on any atom is -0.486 e. The van der Waals surface area contributed by atoms with Gasteiger partial charge in [0.25, 0.3) is 11.1 Å². The summed E-state index contributed by atoms with van der Waals surface area (Å²) in [4.78, 5) is 13.0. The maximum absolute atomic E-state index is 12.1. The summed E-state index contributed by atoms with van der Waals surface area (Å²) in [6.07, 6.45) is 0. The van der Waals surface area contributed by atoms with Crippen molar-refractivity contribution < 1.29 is 18.7 Å². The Hall–Kier alpha value is -2.52. The van der Waals surface area contributed by atoms with Crippen molar-refractivity contribution >= 4 is 34.7 Å². The first-order chi connectivity index (χ1) is 12.3. The third kappa shape index (κ3) is 3.77. The van der Waals surface area contributed by atoms with Crippen LogP contribution in [-0.4, -0.2) is 35.1 Å². The van der Waals surface area contributed by atoms with E-state index in [1.54, 1.807) is 18.2 Å². The zero-order chi connectivity index (χ0) is 17.1. The van der Waals surface area contributed by atoms with Crippen LogP contribution < -0.4 is 14.8 Å². The molecule has 0 atom stereocenters.